The molecule has 0 aromatic heterocycles. The van der Waals surface area contributed by atoms with Crippen LogP contribution in [-0.4, -0.2) is 22.8 Å². The first-order valence-corrected chi connectivity index (χ1v) is 6.14. The van der Waals surface area contributed by atoms with Crippen LogP contribution in [0, 0.1) is 0 Å². The van der Waals surface area contributed by atoms with E-state index in [4.69, 9.17) is 0 Å². The second-order valence-corrected chi connectivity index (χ2v) is 5.78. The molecule has 15 heavy (non-hydrogen) atoms. The summed E-state index contributed by atoms with van der Waals surface area (Å²) < 4.78 is 1.10. The molecule has 0 amide bonds. The van der Waals surface area contributed by atoms with E-state index in [2.05, 4.69) is 46.8 Å². The number of fused-ring (bicyclic) bond motifs is 1. The number of hydrogen-bond donors (Lipinski definition) is 0. The van der Waals surface area contributed by atoms with Gasteiger partial charge >= 0.3 is 0 Å². The van der Waals surface area contributed by atoms with Gasteiger partial charge in [0.05, 0.1) is 0 Å². The first kappa shape index (κ1) is 10.9. The largest absolute Gasteiger partial charge is 0.366 e. The van der Waals surface area contributed by atoms with Crippen LogP contribution in [0.1, 0.15) is 33.1 Å². The van der Waals surface area contributed by atoms with Gasteiger partial charge < -0.3 is 4.90 Å². The van der Waals surface area contributed by atoms with Gasteiger partial charge in [0.1, 0.15) is 5.78 Å². The molecule has 0 saturated carbocycles. The number of halogens is 1. The van der Waals surface area contributed by atoms with Crippen LogP contribution in [0.15, 0.2) is 22.3 Å². The van der Waals surface area contributed by atoms with Crippen LogP contribution in [-0.2, 0) is 4.79 Å². The lowest BCUT2D eigenvalue weighted by molar-refractivity contribution is -0.118. The first-order valence-electron chi connectivity index (χ1n) is 5.35. The third-order valence-corrected chi connectivity index (χ3v) is 3.80. The molecular weight excluding hydrogens is 254 g/mol. The van der Waals surface area contributed by atoms with Gasteiger partial charge in [-0.05, 0) is 26.3 Å². The fraction of sp³-hybridized carbons (Fsp3) is 0.583. The third kappa shape index (κ3) is 2.17. The summed E-state index contributed by atoms with van der Waals surface area (Å²) in [5, 5.41) is 0. The zero-order valence-corrected chi connectivity index (χ0v) is 10.8. The maximum absolute atomic E-state index is 11.6. The Balaban J connectivity index is 2.35. The zero-order chi connectivity index (χ0) is 11.1. The van der Waals surface area contributed by atoms with Gasteiger partial charge in [-0.25, -0.2) is 0 Å². The molecule has 3 heteroatoms. The second kappa shape index (κ2) is 3.78. The molecule has 0 atom stereocenters. The van der Waals surface area contributed by atoms with Gasteiger partial charge in [-0.15, -0.1) is 0 Å². The number of Topliss-reactive ketones (excluding diaryl/α,β-unsaturated/α-hetero) is 1. The average molecular weight is 270 g/mol. The Bertz CT molecular complexity index is 355. The summed E-state index contributed by atoms with van der Waals surface area (Å²) in [7, 11) is 0. The molecule has 0 spiro atoms. The monoisotopic (exact) mass is 269 g/mol. The normalized spacial score (nSPS) is 25.3. The Kier molecular flexibility index (Phi) is 2.75. The molecule has 1 fully saturated rings. The molecule has 0 aliphatic carbocycles. The minimum Gasteiger partial charge on any atom is -0.366 e. The number of nitrogens with zero attached hydrogens (tertiary/aromatic N) is 1. The molecule has 2 rings (SSSR count). The number of hydrogen-bond acceptors (Lipinski definition) is 2. The highest BCUT2D eigenvalue weighted by atomic mass is 79.9. The van der Waals surface area contributed by atoms with E-state index in [1.165, 1.54) is 0 Å². The van der Waals surface area contributed by atoms with E-state index < -0.39 is 0 Å². The predicted octanol–water partition coefficient (Wildman–Crippen LogP) is 3.00. The van der Waals surface area contributed by atoms with Crippen molar-refractivity contribution in [3.63, 3.8) is 0 Å². The lowest BCUT2D eigenvalue weighted by atomic mass is 9.96. The standard InChI is InChI=1S/C12H16BrNO/c1-12(2)5-3-11(15)8-10-7-9(13)4-6-14(10)12/h4,7H,3,5-6,8H2,1-2H3. The van der Waals surface area contributed by atoms with Crippen molar-refractivity contribution in [3.05, 3.63) is 22.3 Å². The van der Waals surface area contributed by atoms with Gasteiger partial charge in [-0.1, -0.05) is 22.0 Å². The summed E-state index contributed by atoms with van der Waals surface area (Å²) in [6.45, 7) is 5.34. The molecule has 0 radical (unpaired) electrons. The van der Waals surface area contributed by atoms with Gasteiger partial charge in [0.15, 0.2) is 0 Å². The first-order chi connectivity index (χ1) is 6.99. The molecule has 0 aromatic carbocycles. The Labute approximate surface area is 99.2 Å². The summed E-state index contributed by atoms with van der Waals surface area (Å²) in [5.74, 6) is 0.360. The van der Waals surface area contributed by atoms with Crippen molar-refractivity contribution in [2.24, 2.45) is 0 Å². The summed E-state index contributed by atoms with van der Waals surface area (Å²) in [5.41, 5.74) is 1.26. The lowest BCUT2D eigenvalue weighted by Gasteiger charge is -2.41. The fourth-order valence-electron chi connectivity index (χ4n) is 2.24. The van der Waals surface area contributed by atoms with Crippen molar-refractivity contribution >= 4 is 21.7 Å². The molecule has 2 nitrogen and oxygen atoms in total. The van der Waals surface area contributed by atoms with Gasteiger partial charge in [-0.2, -0.15) is 0 Å². The Morgan fingerprint density at radius 3 is 2.93 bits per heavy atom. The van der Waals surface area contributed by atoms with Crippen molar-refractivity contribution in [2.45, 2.75) is 38.6 Å². The topological polar surface area (TPSA) is 20.3 Å². The summed E-state index contributed by atoms with van der Waals surface area (Å²) >= 11 is 3.48. The van der Waals surface area contributed by atoms with Crippen LogP contribution in [0.5, 0.6) is 0 Å². The van der Waals surface area contributed by atoms with E-state index in [-0.39, 0.29) is 5.54 Å². The Morgan fingerprint density at radius 1 is 1.47 bits per heavy atom. The number of carbonyl (C=O) groups excluding carboxylic acids is 1. The highest BCUT2D eigenvalue weighted by molar-refractivity contribution is 9.11. The maximum atomic E-state index is 11.6. The van der Waals surface area contributed by atoms with Crippen LogP contribution < -0.4 is 0 Å². The van der Waals surface area contributed by atoms with E-state index in [0.717, 1.165) is 23.1 Å². The van der Waals surface area contributed by atoms with Crippen molar-refractivity contribution < 1.29 is 4.79 Å². The number of allylic oxidation sites excluding steroid dienone is 3. The number of carbonyl (C=O) groups is 1. The molecule has 2 aliphatic heterocycles. The van der Waals surface area contributed by atoms with Crippen molar-refractivity contribution in [1.82, 2.24) is 4.90 Å². The molecule has 2 heterocycles. The third-order valence-electron chi connectivity index (χ3n) is 3.24. The molecule has 2 aliphatic rings. The van der Waals surface area contributed by atoms with Gasteiger partial charge in [0, 0.05) is 35.1 Å². The molecule has 0 unspecified atom stereocenters. The van der Waals surface area contributed by atoms with Gasteiger partial charge in [-0.3, -0.25) is 4.79 Å². The van der Waals surface area contributed by atoms with E-state index in [0.29, 0.717) is 18.6 Å². The smallest absolute Gasteiger partial charge is 0.138 e. The number of ketones is 1. The second-order valence-electron chi connectivity index (χ2n) is 4.86. The molecule has 0 N–H and O–H groups in total. The highest BCUT2D eigenvalue weighted by Crippen LogP contribution is 2.34. The van der Waals surface area contributed by atoms with Crippen LogP contribution in [0.4, 0.5) is 0 Å². The SMILES string of the molecule is CC1(C)CCC(=O)CC2=CC(Br)=CCN21. The summed E-state index contributed by atoms with van der Waals surface area (Å²) in [4.78, 5) is 14.0. The predicted molar refractivity (Wildman–Crippen MR) is 64.7 cm³/mol. The highest BCUT2D eigenvalue weighted by Gasteiger charge is 2.33. The molecular formula is C12H16BrNO. The minimum atomic E-state index is 0.0994. The molecule has 0 bridgehead atoms. The van der Waals surface area contributed by atoms with E-state index in [1.807, 2.05) is 0 Å². The number of rotatable bonds is 0. The maximum Gasteiger partial charge on any atom is 0.138 e. The van der Waals surface area contributed by atoms with Crippen LogP contribution in [0.2, 0.25) is 0 Å². The quantitative estimate of drug-likeness (QED) is 0.674. The fourth-order valence-corrected chi connectivity index (χ4v) is 2.65. The van der Waals surface area contributed by atoms with E-state index in [1.54, 1.807) is 0 Å². The van der Waals surface area contributed by atoms with Crippen LogP contribution >= 0.6 is 15.9 Å². The molecule has 82 valence electrons. The van der Waals surface area contributed by atoms with Crippen molar-refractivity contribution in [2.75, 3.05) is 6.54 Å². The van der Waals surface area contributed by atoms with Gasteiger partial charge in [0.25, 0.3) is 0 Å². The lowest BCUT2D eigenvalue weighted by Crippen LogP contribution is -2.43. The van der Waals surface area contributed by atoms with Crippen molar-refractivity contribution in [1.29, 1.82) is 0 Å². The molecule has 1 saturated heterocycles. The Hall–Kier alpha value is -0.570. The minimum absolute atomic E-state index is 0.0994. The zero-order valence-electron chi connectivity index (χ0n) is 9.22. The van der Waals surface area contributed by atoms with E-state index >= 15 is 0 Å². The Morgan fingerprint density at radius 2 is 2.20 bits per heavy atom. The van der Waals surface area contributed by atoms with Gasteiger partial charge in [0.2, 0.25) is 0 Å². The van der Waals surface area contributed by atoms with Crippen LogP contribution in [0.25, 0.3) is 0 Å². The van der Waals surface area contributed by atoms with Crippen LogP contribution in [0.3, 0.4) is 0 Å². The summed E-state index contributed by atoms with van der Waals surface area (Å²) in [6.07, 6.45) is 6.48. The summed E-state index contributed by atoms with van der Waals surface area (Å²) in [6, 6.07) is 0. The van der Waals surface area contributed by atoms with E-state index in [9.17, 15) is 4.79 Å². The van der Waals surface area contributed by atoms with Crippen molar-refractivity contribution in [3.8, 4) is 0 Å². The molecule has 0 aromatic rings. The average Bonchev–Trinajstić information content (AvgIpc) is 2.24.